The lowest BCUT2D eigenvalue weighted by molar-refractivity contribution is 0.0343. The van der Waals surface area contributed by atoms with E-state index in [1.807, 2.05) is 19.1 Å². The number of nitrogens with one attached hydrogen (secondary N) is 2. The zero-order chi connectivity index (χ0) is 13.5. The zero-order valence-electron chi connectivity index (χ0n) is 11.3. The average molecular weight is 263 g/mol. The first-order valence-corrected chi connectivity index (χ1v) is 6.79. The molecule has 0 radical (unpaired) electrons. The fourth-order valence-electron chi connectivity index (χ4n) is 2.16. The van der Waals surface area contributed by atoms with Gasteiger partial charge in [0.05, 0.1) is 12.7 Å². The van der Waals surface area contributed by atoms with Crippen molar-refractivity contribution in [3.05, 3.63) is 29.6 Å². The highest BCUT2D eigenvalue weighted by Gasteiger charge is 2.13. The molecule has 1 amide bonds. The van der Waals surface area contributed by atoms with Gasteiger partial charge in [0.2, 0.25) is 0 Å². The maximum absolute atomic E-state index is 11.9. The SMILES string of the molecule is Cc1cccnc1C(=O)NCCOC1CCNCC1. The fraction of sp³-hybridized carbons (Fsp3) is 0.571. The van der Waals surface area contributed by atoms with Crippen LogP contribution in [0.1, 0.15) is 28.9 Å². The van der Waals surface area contributed by atoms with E-state index in [9.17, 15) is 4.79 Å². The van der Waals surface area contributed by atoms with Crippen LogP contribution in [0.15, 0.2) is 18.3 Å². The molecule has 0 aromatic carbocycles. The molecule has 2 N–H and O–H groups in total. The van der Waals surface area contributed by atoms with E-state index in [1.54, 1.807) is 6.20 Å². The fourth-order valence-corrected chi connectivity index (χ4v) is 2.16. The number of rotatable bonds is 5. The third kappa shape index (κ3) is 4.29. The quantitative estimate of drug-likeness (QED) is 0.774. The Balaban J connectivity index is 1.68. The minimum atomic E-state index is -0.132. The maximum atomic E-state index is 11.9. The molecule has 5 nitrogen and oxygen atoms in total. The zero-order valence-corrected chi connectivity index (χ0v) is 11.3. The number of nitrogens with zero attached hydrogens (tertiary/aromatic N) is 1. The van der Waals surface area contributed by atoms with Gasteiger partial charge in [0.15, 0.2) is 0 Å². The van der Waals surface area contributed by atoms with Crippen LogP contribution in [0.25, 0.3) is 0 Å². The lowest BCUT2D eigenvalue weighted by atomic mass is 10.1. The summed E-state index contributed by atoms with van der Waals surface area (Å²) in [5.41, 5.74) is 1.38. The van der Waals surface area contributed by atoms with Gasteiger partial charge in [0.1, 0.15) is 5.69 Å². The first kappa shape index (κ1) is 14.0. The van der Waals surface area contributed by atoms with Crippen molar-refractivity contribution in [3.8, 4) is 0 Å². The van der Waals surface area contributed by atoms with E-state index in [4.69, 9.17) is 4.74 Å². The molecule has 1 aromatic rings. The summed E-state index contributed by atoms with van der Waals surface area (Å²) in [5.74, 6) is -0.132. The number of amides is 1. The van der Waals surface area contributed by atoms with Gasteiger partial charge in [-0.3, -0.25) is 9.78 Å². The number of aromatic nitrogens is 1. The van der Waals surface area contributed by atoms with E-state index >= 15 is 0 Å². The van der Waals surface area contributed by atoms with E-state index in [2.05, 4.69) is 15.6 Å². The lowest BCUT2D eigenvalue weighted by Crippen LogP contribution is -2.35. The Hall–Kier alpha value is -1.46. The topological polar surface area (TPSA) is 63.2 Å². The molecule has 2 rings (SSSR count). The predicted octanol–water partition coefficient (Wildman–Crippen LogP) is 0.888. The number of ether oxygens (including phenoxy) is 1. The Bertz CT molecular complexity index is 417. The lowest BCUT2D eigenvalue weighted by Gasteiger charge is -2.22. The van der Waals surface area contributed by atoms with Crippen LogP contribution in [0.3, 0.4) is 0 Å². The van der Waals surface area contributed by atoms with Crippen LogP contribution in [0.5, 0.6) is 0 Å². The van der Waals surface area contributed by atoms with Gasteiger partial charge in [0, 0.05) is 12.7 Å². The molecule has 0 bridgehead atoms. The summed E-state index contributed by atoms with van der Waals surface area (Å²) in [6.45, 7) is 5.00. The Morgan fingerprint density at radius 1 is 1.53 bits per heavy atom. The number of piperidine rings is 1. The Morgan fingerprint density at radius 3 is 3.05 bits per heavy atom. The van der Waals surface area contributed by atoms with Crippen molar-refractivity contribution in [1.29, 1.82) is 0 Å². The molecule has 1 fully saturated rings. The molecule has 0 atom stereocenters. The highest BCUT2D eigenvalue weighted by atomic mass is 16.5. The predicted molar refractivity (Wildman–Crippen MR) is 73.2 cm³/mol. The summed E-state index contributed by atoms with van der Waals surface area (Å²) in [4.78, 5) is 16.0. The number of hydrogen-bond donors (Lipinski definition) is 2. The molecule has 1 saturated heterocycles. The summed E-state index contributed by atoms with van der Waals surface area (Å²) in [5, 5.41) is 6.13. The molecule has 0 saturated carbocycles. The molecular formula is C14H21N3O2. The van der Waals surface area contributed by atoms with Crippen molar-refractivity contribution in [2.75, 3.05) is 26.2 Å². The maximum Gasteiger partial charge on any atom is 0.270 e. The highest BCUT2D eigenvalue weighted by molar-refractivity contribution is 5.93. The molecule has 5 heteroatoms. The van der Waals surface area contributed by atoms with Gasteiger partial charge in [-0.05, 0) is 44.5 Å². The van der Waals surface area contributed by atoms with E-state index in [0.29, 0.717) is 24.9 Å². The van der Waals surface area contributed by atoms with Gasteiger partial charge in [-0.2, -0.15) is 0 Å². The van der Waals surface area contributed by atoms with Crippen molar-refractivity contribution < 1.29 is 9.53 Å². The summed E-state index contributed by atoms with van der Waals surface area (Å²) in [6.07, 6.45) is 4.06. The molecule has 1 aromatic heterocycles. The van der Waals surface area contributed by atoms with Crippen LogP contribution in [-0.2, 0) is 4.74 Å². The van der Waals surface area contributed by atoms with Gasteiger partial charge < -0.3 is 15.4 Å². The van der Waals surface area contributed by atoms with Crippen molar-refractivity contribution >= 4 is 5.91 Å². The van der Waals surface area contributed by atoms with Gasteiger partial charge in [-0.25, -0.2) is 0 Å². The normalized spacial score (nSPS) is 16.3. The van der Waals surface area contributed by atoms with Crippen molar-refractivity contribution in [3.63, 3.8) is 0 Å². The van der Waals surface area contributed by atoms with E-state index < -0.39 is 0 Å². The van der Waals surface area contributed by atoms with Gasteiger partial charge in [-0.15, -0.1) is 0 Å². The third-order valence-corrected chi connectivity index (χ3v) is 3.25. The molecular weight excluding hydrogens is 242 g/mol. The van der Waals surface area contributed by atoms with Gasteiger partial charge in [-0.1, -0.05) is 6.07 Å². The van der Waals surface area contributed by atoms with E-state index in [0.717, 1.165) is 31.5 Å². The number of hydrogen-bond acceptors (Lipinski definition) is 4. The van der Waals surface area contributed by atoms with Crippen LogP contribution in [0.2, 0.25) is 0 Å². The van der Waals surface area contributed by atoms with Gasteiger partial charge in [0.25, 0.3) is 5.91 Å². The van der Waals surface area contributed by atoms with Gasteiger partial charge >= 0.3 is 0 Å². The molecule has 19 heavy (non-hydrogen) atoms. The summed E-state index contributed by atoms with van der Waals surface area (Å²) >= 11 is 0. The summed E-state index contributed by atoms with van der Waals surface area (Å²) < 4.78 is 5.72. The first-order chi connectivity index (χ1) is 9.27. The third-order valence-electron chi connectivity index (χ3n) is 3.25. The number of aryl methyl sites for hydroxylation is 1. The minimum Gasteiger partial charge on any atom is -0.376 e. The molecule has 104 valence electrons. The van der Waals surface area contributed by atoms with Crippen molar-refractivity contribution in [2.24, 2.45) is 0 Å². The monoisotopic (exact) mass is 263 g/mol. The number of carbonyl (C=O) groups is 1. The molecule has 0 spiro atoms. The molecule has 1 aliphatic rings. The van der Waals surface area contributed by atoms with Crippen molar-refractivity contribution in [1.82, 2.24) is 15.6 Å². The van der Waals surface area contributed by atoms with Crippen molar-refractivity contribution in [2.45, 2.75) is 25.9 Å². The second-order valence-electron chi connectivity index (χ2n) is 4.74. The minimum absolute atomic E-state index is 0.132. The van der Waals surface area contributed by atoms with Crippen LogP contribution in [-0.4, -0.2) is 43.2 Å². The van der Waals surface area contributed by atoms with Crippen LogP contribution in [0, 0.1) is 6.92 Å². The highest BCUT2D eigenvalue weighted by Crippen LogP contribution is 2.06. The number of pyridine rings is 1. The molecule has 2 heterocycles. The second kappa shape index (κ2) is 7.21. The van der Waals surface area contributed by atoms with Crippen LogP contribution >= 0.6 is 0 Å². The first-order valence-electron chi connectivity index (χ1n) is 6.79. The molecule has 0 unspecified atom stereocenters. The van der Waals surface area contributed by atoms with E-state index in [1.165, 1.54) is 0 Å². The Morgan fingerprint density at radius 2 is 2.32 bits per heavy atom. The average Bonchev–Trinajstić information content (AvgIpc) is 2.45. The summed E-state index contributed by atoms with van der Waals surface area (Å²) in [6, 6.07) is 3.71. The van der Waals surface area contributed by atoms with Crippen LogP contribution < -0.4 is 10.6 Å². The molecule has 1 aliphatic heterocycles. The number of carbonyl (C=O) groups excluding carboxylic acids is 1. The Kier molecular flexibility index (Phi) is 5.30. The molecule has 0 aliphatic carbocycles. The van der Waals surface area contributed by atoms with Crippen LogP contribution in [0.4, 0.5) is 0 Å². The van der Waals surface area contributed by atoms with E-state index in [-0.39, 0.29) is 5.91 Å². The smallest absolute Gasteiger partial charge is 0.270 e. The second-order valence-corrected chi connectivity index (χ2v) is 4.74. The Labute approximate surface area is 113 Å². The largest absolute Gasteiger partial charge is 0.376 e. The standard InChI is InChI=1S/C14H21N3O2/c1-11-3-2-6-16-13(11)14(18)17-9-10-19-12-4-7-15-8-5-12/h2-3,6,12,15H,4-5,7-10H2,1H3,(H,17,18). The summed E-state index contributed by atoms with van der Waals surface area (Å²) in [7, 11) is 0.